The monoisotopic (exact) mass is 568 g/mol. The van der Waals surface area contributed by atoms with E-state index in [9.17, 15) is 9.59 Å². The fraction of sp³-hybridized carbons (Fsp3) is 0.368. The van der Waals surface area contributed by atoms with E-state index in [1.807, 2.05) is 84.9 Å². The maximum atomic E-state index is 13.9. The number of carbonyl (C=O) groups excluding carboxylic acids is 2. The van der Waals surface area contributed by atoms with Crippen molar-refractivity contribution in [2.24, 2.45) is 47.3 Å². The van der Waals surface area contributed by atoms with E-state index in [1.165, 1.54) is 6.42 Å². The summed E-state index contributed by atoms with van der Waals surface area (Å²) in [4.78, 5) is 27.8. The van der Waals surface area contributed by atoms with Gasteiger partial charge in [-0.15, -0.1) is 0 Å². The molecule has 10 rings (SSSR count). The summed E-state index contributed by atoms with van der Waals surface area (Å²) in [6.07, 6.45) is 6.44. The van der Waals surface area contributed by atoms with Crippen molar-refractivity contribution in [2.75, 3.05) is 0 Å². The molecule has 0 amide bonds. The second kappa shape index (κ2) is 8.79. The number of fused-ring (bicyclic) bond motifs is 18. The molecule has 5 nitrogen and oxygen atoms in total. The molecule has 43 heavy (non-hydrogen) atoms. The highest BCUT2D eigenvalue weighted by Crippen LogP contribution is 2.71. The van der Waals surface area contributed by atoms with Gasteiger partial charge in [-0.2, -0.15) is 0 Å². The number of benzene rings is 4. The molecule has 5 heteroatoms. The molecule has 12 unspecified atom stereocenters. The minimum absolute atomic E-state index is 0.123. The fourth-order valence-corrected chi connectivity index (χ4v) is 10.7. The Balaban J connectivity index is 1.02. The molecule has 6 bridgehead atoms. The van der Waals surface area contributed by atoms with Gasteiger partial charge in [-0.25, -0.2) is 9.59 Å². The molecular weight excluding hydrogens is 536 g/mol. The van der Waals surface area contributed by atoms with Crippen molar-refractivity contribution in [1.29, 1.82) is 0 Å². The summed E-state index contributed by atoms with van der Waals surface area (Å²) in [5, 5.41) is 3.75. The molecule has 4 aromatic rings. The van der Waals surface area contributed by atoms with Gasteiger partial charge in [0, 0.05) is 11.8 Å². The predicted molar refractivity (Wildman–Crippen MR) is 161 cm³/mol. The summed E-state index contributed by atoms with van der Waals surface area (Å²) in [7, 11) is 0. The topological polar surface area (TPSA) is 61.8 Å². The van der Waals surface area contributed by atoms with Crippen LogP contribution in [-0.4, -0.2) is 36.4 Å². The van der Waals surface area contributed by atoms with Crippen LogP contribution in [0.5, 0.6) is 0 Å². The van der Waals surface area contributed by atoms with E-state index < -0.39 is 12.2 Å². The van der Waals surface area contributed by atoms with Gasteiger partial charge in [-0.1, -0.05) is 84.9 Å². The Kier molecular flexibility index (Phi) is 5.01. The lowest BCUT2D eigenvalue weighted by molar-refractivity contribution is -0.0893. The molecule has 0 spiro atoms. The maximum Gasteiger partial charge on any atom is 0.339 e. The Hall–Kier alpha value is -3.96. The third-order valence-corrected chi connectivity index (χ3v) is 12.1. The van der Waals surface area contributed by atoms with E-state index in [2.05, 4.69) is 12.2 Å². The van der Waals surface area contributed by atoms with Gasteiger partial charge < -0.3 is 14.2 Å². The van der Waals surface area contributed by atoms with E-state index in [1.54, 1.807) is 0 Å². The quantitative estimate of drug-likeness (QED) is 0.199. The van der Waals surface area contributed by atoms with E-state index in [0.717, 1.165) is 28.0 Å². The third-order valence-electron chi connectivity index (χ3n) is 12.1. The summed E-state index contributed by atoms with van der Waals surface area (Å²) in [6, 6.07) is 27.3. The SMILES string of the molecule is O=C(OC1C2CC(C1OC(=O)c1cccc3ccccc13)C1C3OC(C4C5C=CC(C5)C34)C21)c1cccc2ccccc12. The number of ether oxygens (including phenoxy) is 3. The zero-order chi connectivity index (χ0) is 28.4. The van der Waals surface area contributed by atoms with Gasteiger partial charge >= 0.3 is 11.9 Å². The summed E-state index contributed by atoms with van der Waals surface area (Å²) < 4.78 is 19.8. The van der Waals surface area contributed by atoms with Crippen molar-refractivity contribution in [1.82, 2.24) is 0 Å². The number of hydrogen-bond acceptors (Lipinski definition) is 5. The summed E-state index contributed by atoms with van der Waals surface area (Å²) in [5.74, 6) is 2.63. The van der Waals surface area contributed by atoms with Gasteiger partial charge in [-0.3, -0.25) is 0 Å². The fourth-order valence-electron chi connectivity index (χ4n) is 10.7. The van der Waals surface area contributed by atoms with E-state index in [-0.39, 0.29) is 36.0 Å². The standard InChI is InChI=1S/C38H32O5/c39-37(25-13-5-9-19-7-1-3-11-23(19)25)42-33-27-18-28(32-31(27)35-29-21-15-16-22(17-21)30(29)36(32)41-35)34(33)43-38(40)26-14-6-10-20-8-2-4-12-24(20)26/h1-16,21-22,27-36H,17-18H2. The molecular formula is C38H32O5. The van der Waals surface area contributed by atoms with Gasteiger partial charge in [0.1, 0.15) is 12.2 Å². The van der Waals surface area contributed by atoms with Crippen molar-refractivity contribution in [3.8, 4) is 0 Å². The molecule has 0 radical (unpaired) electrons. The van der Waals surface area contributed by atoms with Crippen LogP contribution in [-0.2, 0) is 14.2 Å². The summed E-state index contributed by atoms with van der Waals surface area (Å²) >= 11 is 0. The third kappa shape index (κ3) is 3.26. The molecule has 214 valence electrons. The van der Waals surface area contributed by atoms with Crippen LogP contribution in [0.25, 0.3) is 21.5 Å². The smallest absolute Gasteiger partial charge is 0.339 e. The first kappa shape index (κ1) is 24.5. The van der Waals surface area contributed by atoms with Crippen molar-refractivity contribution < 1.29 is 23.8 Å². The Labute approximate surface area is 249 Å². The number of allylic oxidation sites excluding steroid dienone is 2. The lowest BCUT2D eigenvalue weighted by Crippen LogP contribution is -2.53. The lowest BCUT2D eigenvalue weighted by atomic mass is 9.60. The highest BCUT2D eigenvalue weighted by atomic mass is 16.6. The van der Waals surface area contributed by atoms with Crippen molar-refractivity contribution >= 4 is 33.5 Å². The highest BCUT2D eigenvalue weighted by Gasteiger charge is 2.75. The Morgan fingerprint density at radius 2 is 1.02 bits per heavy atom. The summed E-state index contributed by atoms with van der Waals surface area (Å²) in [6.45, 7) is 0. The highest BCUT2D eigenvalue weighted by molar-refractivity contribution is 6.05. The number of rotatable bonds is 4. The van der Waals surface area contributed by atoms with Gasteiger partial charge in [0.15, 0.2) is 0 Å². The molecule has 4 aliphatic carbocycles. The van der Waals surface area contributed by atoms with E-state index >= 15 is 0 Å². The number of esters is 2. The largest absolute Gasteiger partial charge is 0.454 e. The normalized spacial score (nSPS) is 39.0. The molecule has 4 aromatic carbocycles. The molecule has 2 saturated heterocycles. The van der Waals surface area contributed by atoms with Gasteiger partial charge in [0.25, 0.3) is 0 Å². The second-order valence-electron chi connectivity index (χ2n) is 13.7. The first-order valence-corrected chi connectivity index (χ1v) is 15.9. The maximum absolute atomic E-state index is 13.9. The van der Waals surface area contributed by atoms with Crippen molar-refractivity contribution in [2.45, 2.75) is 37.3 Å². The molecule has 2 heterocycles. The van der Waals surface area contributed by atoms with Crippen molar-refractivity contribution in [3.05, 3.63) is 108 Å². The first-order valence-electron chi connectivity index (χ1n) is 15.9. The number of hydrogen-bond donors (Lipinski definition) is 0. The van der Waals surface area contributed by atoms with Gasteiger partial charge in [-0.05, 0) is 82.0 Å². The Morgan fingerprint density at radius 1 is 0.558 bits per heavy atom. The average Bonchev–Trinajstić information content (AvgIpc) is 3.88. The molecule has 0 aromatic heterocycles. The summed E-state index contributed by atoms with van der Waals surface area (Å²) in [5.41, 5.74) is 1.11. The Bertz CT molecular complexity index is 1720. The molecule has 2 aliphatic heterocycles. The lowest BCUT2D eigenvalue weighted by Gasteiger charge is -2.45. The molecule has 0 N–H and O–H groups in total. The van der Waals surface area contributed by atoms with E-state index in [0.29, 0.717) is 46.6 Å². The zero-order valence-corrected chi connectivity index (χ0v) is 23.6. The molecule has 6 aliphatic rings. The Morgan fingerprint density at radius 3 is 1.53 bits per heavy atom. The average molecular weight is 569 g/mol. The first-order chi connectivity index (χ1) is 21.2. The second-order valence-corrected chi connectivity index (χ2v) is 13.7. The van der Waals surface area contributed by atoms with E-state index in [4.69, 9.17) is 14.2 Å². The van der Waals surface area contributed by atoms with Crippen LogP contribution in [0.3, 0.4) is 0 Å². The van der Waals surface area contributed by atoms with Crippen LogP contribution in [0.2, 0.25) is 0 Å². The zero-order valence-electron chi connectivity index (χ0n) is 23.6. The van der Waals surface area contributed by atoms with Crippen LogP contribution in [0.15, 0.2) is 97.1 Å². The minimum Gasteiger partial charge on any atom is -0.454 e. The molecule has 3 saturated carbocycles. The van der Waals surface area contributed by atoms with Crippen LogP contribution in [0.4, 0.5) is 0 Å². The number of carbonyl (C=O) groups is 2. The minimum atomic E-state index is -0.493. The van der Waals surface area contributed by atoms with Crippen LogP contribution in [0, 0.1) is 47.3 Å². The van der Waals surface area contributed by atoms with Crippen LogP contribution < -0.4 is 0 Å². The molecule has 12 atom stereocenters. The van der Waals surface area contributed by atoms with Gasteiger partial charge in [0.2, 0.25) is 0 Å². The van der Waals surface area contributed by atoms with Crippen LogP contribution >= 0.6 is 0 Å². The van der Waals surface area contributed by atoms with Crippen molar-refractivity contribution in [3.63, 3.8) is 0 Å². The predicted octanol–water partition coefficient (Wildman–Crippen LogP) is 6.85. The van der Waals surface area contributed by atoms with Crippen LogP contribution in [0.1, 0.15) is 33.6 Å². The molecule has 5 fully saturated rings. The van der Waals surface area contributed by atoms with Gasteiger partial charge in [0.05, 0.1) is 23.3 Å².